The van der Waals surface area contributed by atoms with Crippen LogP contribution in [0.15, 0.2) is 30.3 Å². The molecule has 0 saturated carbocycles. The molecule has 76 valence electrons. The number of alkyl halides is 1. The molecule has 0 radical (unpaired) electrons. The fraction of sp³-hybridized carbons (Fsp3) is 0.455. The molecule has 0 spiro atoms. The molecule has 1 fully saturated rings. The molecule has 0 aliphatic carbocycles. The average molecular weight is 194 g/mol. The Morgan fingerprint density at radius 1 is 1.14 bits per heavy atom. The third kappa shape index (κ3) is 2.23. The molecule has 1 aromatic carbocycles. The molecule has 1 aromatic rings. The summed E-state index contributed by atoms with van der Waals surface area (Å²) in [6.45, 7) is 1.49. The van der Waals surface area contributed by atoms with Crippen LogP contribution in [0, 0.1) is 0 Å². The van der Waals surface area contributed by atoms with Gasteiger partial charge in [-0.2, -0.15) is 0 Å². The van der Waals surface area contributed by atoms with Gasteiger partial charge in [-0.1, -0.05) is 18.2 Å². The fourth-order valence-corrected chi connectivity index (χ4v) is 1.73. The van der Waals surface area contributed by atoms with E-state index < -0.39 is 5.79 Å². The third-order valence-corrected chi connectivity index (χ3v) is 2.54. The van der Waals surface area contributed by atoms with Crippen LogP contribution in [0.4, 0.5) is 10.1 Å². The van der Waals surface area contributed by atoms with E-state index in [1.807, 2.05) is 30.3 Å². The number of nitrogens with one attached hydrogen (secondary N) is 2. The van der Waals surface area contributed by atoms with Gasteiger partial charge in [0.2, 0.25) is 0 Å². The lowest BCUT2D eigenvalue weighted by Crippen LogP contribution is -2.44. The van der Waals surface area contributed by atoms with Crippen LogP contribution in [0.2, 0.25) is 0 Å². The van der Waals surface area contributed by atoms with Crippen LogP contribution in [-0.2, 0) is 0 Å². The summed E-state index contributed by atoms with van der Waals surface area (Å²) >= 11 is 0. The van der Waals surface area contributed by atoms with Crippen molar-refractivity contribution in [2.24, 2.45) is 0 Å². The molecule has 0 bridgehead atoms. The fourth-order valence-electron chi connectivity index (χ4n) is 1.73. The van der Waals surface area contributed by atoms with Gasteiger partial charge in [-0.25, -0.2) is 4.39 Å². The number of hydrogen-bond acceptors (Lipinski definition) is 2. The molecule has 2 nitrogen and oxygen atoms in total. The number of hydrogen-bond donors (Lipinski definition) is 2. The van der Waals surface area contributed by atoms with Gasteiger partial charge in [0.1, 0.15) is 0 Å². The van der Waals surface area contributed by atoms with Gasteiger partial charge in [0.05, 0.1) is 0 Å². The van der Waals surface area contributed by atoms with Gasteiger partial charge in [-0.05, 0) is 25.2 Å². The number of anilines is 1. The summed E-state index contributed by atoms with van der Waals surface area (Å²) in [6, 6.07) is 9.53. The summed E-state index contributed by atoms with van der Waals surface area (Å²) in [7, 11) is 0. The summed E-state index contributed by atoms with van der Waals surface area (Å²) in [6.07, 6.45) is 1.06. The van der Waals surface area contributed by atoms with Crippen LogP contribution < -0.4 is 10.6 Å². The second kappa shape index (κ2) is 3.96. The quantitative estimate of drug-likeness (QED) is 0.705. The zero-order chi connectivity index (χ0) is 9.86. The Morgan fingerprint density at radius 3 is 2.43 bits per heavy atom. The van der Waals surface area contributed by atoms with Gasteiger partial charge >= 0.3 is 0 Å². The van der Waals surface area contributed by atoms with Gasteiger partial charge in [0.15, 0.2) is 5.79 Å². The predicted molar refractivity (Wildman–Crippen MR) is 56.0 cm³/mol. The number of piperidine rings is 1. The minimum atomic E-state index is -1.23. The van der Waals surface area contributed by atoms with Crippen LogP contribution in [0.5, 0.6) is 0 Å². The maximum Gasteiger partial charge on any atom is 0.182 e. The van der Waals surface area contributed by atoms with Crippen molar-refractivity contribution in [3.8, 4) is 0 Å². The minimum absolute atomic E-state index is 0.530. The topological polar surface area (TPSA) is 24.1 Å². The van der Waals surface area contributed by atoms with Crippen molar-refractivity contribution < 1.29 is 4.39 Å². The second-order valence-electron chi connectivity index (χ2n) is 3.71. The Morgan fingerprint density at radius 2 is 1.79 bits per heavy atom. The summed E-state index contributed by atoms with van der Waals surface area (Å²) in [4.78, 5) is 0. The van der Waals surface area contributed by atoms with Crippen molar-refractivity contribution >= 4 is 5.69 Å². The summed E-state index contributed by atoms with van der Waals surface area (Å²) in [5, 5.41) is 6.10. The van der Waals surface area contributed by atoms with Crippen molar-refractivity contribution in [2.45, 2.75) is 18.6 Å². The molecule has 1 aliphatic rings. The number of benzene rings is 1. The van der Waals surface area contributed by atoms with E-state index in [1.54, 1.807) is 0 Å². The first kappa shape index (κ1) is 9.46. The Hall–Kier alpha value is -1.09. The smallest absolute Gasteiger partial charge is 0.182 e. The maximum absolute atomic E-state index is 14.1. The predicted octanol–water partition coefficient (Wildman–Crippen LogP) is 2.15. The van der Waals surface area contributed by atoms with Gasteiger partial charge in [0, 0.05) is 18.5 Å². The maximum atomic E-state index is 14.1. The monoisotopic (exact) mass is 194 g/mol. The molecule has 1 saturated heterocycles. The summed E-state index contributed by atoms with van der Waals surface area (Å²) < 4.78 is 14.1. The van der Waals surface area contributed by atoms with Crippen molar-refractivity contribution in [3.63, 3.8) is 0 Å². The molecule has 0 atom stereocenters. The Bertz CT molecular complexity index is 281. The molecule has 14 heavy (non-hydrogen) atoms. The summed E-state index contributed by atoms with van der Waals surface area (Å²) in [5.74, 6) is -1.23. The Balaban J connectivity index is 2.02. The molecule has 0 aromatic heterocycles. The van der Waals surface area contributed by atoms with Gasteiger partial charge in [-0.3, -0.25) is 0 Å². The second-order valence-corrected chi connectivity index (χ2v) is 3.71. The standard InChI is InChI=1S/C11H15FN2/c12-11(6-8-13-9-7-11)14-10-4-2-1-3-5-10/h1-5,13-14H,6-9H2. The molecule has 1 heterocycles. The van der Waals surface area contributed by atoms with E-state index in [0.29, 0.717) is 12.8 Å². The molecule has 0 amide bonds. The Kier molecular flexibility index (Phi) is 2.68. The molecule has 2 rings (SSSR count). The van der Waals surface area contributed by atoms with Crippen molar-refractivity contribution in [1.29, 1.82) is 0 Å². The number of rotatable bonds is 2. The van der Waals surface area contributed by atoms with Crippen molar-refractivity contribution in [1.82, 2.24) is 5.32 Å². The molecular weight excluding hydrogens is 179 g/mol. The third-order valence-electron chi connectivity index (χ3n) is 2.54. The van der Waals surface area contributed by atoms with E-state index in [0.717, 1.165) is 18.8 Å². The van der Waals surface area contributed by atoms with E-state index in [9.17, 15) is 4.39 Å². The van der Waals surface area contributed by atoms with E-state index in [1.165, 1.54) is 0 Å². The number of para-hydroxylation sites is 1. The highest BCUT2D eigenvalue weighted by Crippen LogP contribution is 2.25. The average Bonchev–Trinajstić information content (AvgIpc) is 2.19. The molecule has 1 aliphatic heterocycles. The first-order valence-corrected chi connectivity index (χ1v) is 5.01. The zero-order valence-corrected chi connectivity index (χ0v) is 8.09. The lowest BCUT2D eigenvalue weighted by atomic mass is 10.0. The van der Waals surface area contributed by atoms with Crippen LogP contribution in [-0.4, -0.2) is 18.9 Å². The Labute approximate surface area is 83.5 Å². The minimum Gasteiger partial charge on any atom is -0.353 e. The highest BCUT2D eigenvalue weighted by molar-refractivity contribution is 5.44. The molecular formula is C11H15FN2. The lowest BCUT2D eigenvalue weighted by molar-refractivity contribution is 0.149. The van der Waals surface area contributed by atoms with Crippen LogP contribution >= 0.6 is 0 Å². The van der Waals surface area contributed by atoms with Crippen molar-refractivity contribution in [2.75, 3.05) is 18.4 Å². The lowest BCUT2D eigenvalue weighted by Gasteiger charge is -2.31. The van der Waals surface area contributed by atoms with Crippen LogP contribution in [0.1, 0.15) is 12.8 Å². The SMILES string of the molecule is FC1(Nc2ccccc2)CCNCC1. The van der Waals surface area contributed by atoms with Crippen LogP contribution in [0.25, 0.3) is 0 Å². The summed E-state index contributed by atoms with van der Waals surface area (Å²) in [5.41, 5.74) is 0.858. The number of halogens is 1. The van der Waals surface area contributed by atoms with Crippen LogP contribution in [0.3, 0.4) is 0 Å². The largest absolute Gasteiger partial charge is 0.353 e. The zero-order valence-electron chi connectivity index (χ0n) is 8.09. The van der Waals surface area contributed by atoms with Gasteiger partial charge < -0.3 is 10.6 Å². The van der Waals surface area contributed by atoms with Crippen molar-refractivity contribution in [3.05, 3.63) is 30.3 Å². The normalized spacial score (nSPS) is 20.4. The first-order chi connectivity index (χ1) is 6.79. The molecule has 3 heteroatoms. The highest BCUT2D eigenvalue weighted by Gasteiger charge is 2.30. The molecule has 0 unspecified atom stereocenters. The van der Waals surface area contributed by atoms with E-state index >= 15 is 0 Å². The van der Waals surface area contributed by atoms with Gasteiger partial charge in [-0.15, -0.1) is 0 Å². The first-order valence-electron chi connectivity index (χ1n) is 5.01. The molecule has 2 N–H and O–H groups in total. The van der Waals surface area contributed by atoms with E-state index in [-0.39, 0.29) is 0 Å². The highest BCUT2D eigenvalue weighted by atomic mass is 19.1. The van der Waals surface area contributed by atoms with E-state index in [4.69, 9.17) is 0 Å². The van der Waals surface area contributed by atoms with Gasteiger partial charge in [0.25, 0.3) is 0 Å². The van der Waals surface area contributed by atoms with E-state index in [2.05, 4.69) is 10.6 Å².